The Balaban J connectivity index is 1.48. The summed E-state index contributed by atoms with van der Waals surface area (Å²) in [6.07, 6.45) is 3.44. The molecule has 11 heteroatoms. The summed E-state index contributed by atoms with van der Waals surface area (Å²) in [6.45, 7) is 4.35. The van der Waals surface area contributed by atoms with E-state index in [0.29, 0.717) is 30.7 Å². The van der Waals surface area contributed by atoms with E-state index in [0.717, 1.165) is 42.5 Å². The minimum Gasteiger partial charge on any atom is -0.465 e. The van der Waals surface area contributed by atoms with Gasteiger partial charge in [-0.05, 0) is 56.9 Å². The zero-order valence-electron chi connectivity index (χ0n) is 23.0. The summed E-state index contributed by atoms with van der Waals surface area (Å²) < 4.78 is 15.5. The number of carbonyl (C=O) groups is 4. The molecule has 39 heavy (non-hydrogen) atoms. The van der Waals surface area contributed by atoms with E-state index in [9.17, 15) is 28.7 Å². The fourth-order valence-electron chi connectivity index (χ4n) is 5.80. The first kappa shape index (κ1) is 28.4. The smallest absolute Gasteiger partial charge is 0.407 e. The number of piperazine rings is 1. The molecule has 2 fully saturated rings. The summed E-state index contributed by atoms with van der Waals surface area (Å²) >= 11 is 0. The number of aryl methyl sites for hydroxylation is 1. The maximum atomic E-state index is 13.9. The third-order valence-corrected chi connectivity index (χ3v) is 8.37. The van der Waals surface area contributed by atoms with Crippen molar-refractivity contribution in [3.8, 4) is 0 Å². The van der Waals surface area contributed by atoms with Crippen molar-refractivity contribution in [1.82, 2.24) is 24.6 Å². The van der Waals surface area contributed by atoms with Crippen molar-refractivity contribution in [3.05, 3.63) is 35.8 Å². The zero-order chi connectivity index (χ0) is 28.4. The van der Waals surface area contributed by atoms with E-state index in [4.69, 9.17) is 0 Å². The number of aromatic nitrogens is 1. The van der Waals surface area contributed by atoms with Gasteiger partial charge in [-0.2, -0.15) is 0 Å². The SMILES string of the molecule is CC(C(=O)NC(C(=O)N1CCN(C(=O)c2cc3cc(F)ccc3n2C)C[C@H]1C)C1CCCCC1)N(C)C(=O)O. The molecule has 1 saturated heterocycles. The molecule has 2 aliphatic rings. The Labute approximate surface area is 227 Å². The first-order valence-electron chi connectivity index (χ1n) is 13.6. The molecule has 1 aliphatic carbocycles. The molecule has 1 saturated carbocycles. The molecule has 1 aromatic carbocycles. The van der Waals surface area contributed by atoms with Gasteiger partial charge in [0.25, 0.3) is 5.91 Å². The van der Waals surface area contributed by atoms with Crippen LogP contribution < -0.4 is 5.32 Å². The predicted molar refractivity (Wildman–Crippen MR) is 144 cm³/mol. The second kappa shape index (κ2) is 11.6. The standard InChI is InChI=1S/C28H38FN5O5/c1-17-16-33(26(36)23-15-20-14-21(29)10-11-22(20)32(23)4)12-13-34(17)27(37)24(19-8-6-5-7-9-19)30-25(35)18(2)31(3)28(38)39/h10-11,14-15,17-19,24H,5-9,12-13,16H2,1-4H3,(H,30,35)(H,38,39)/t17-,18?,24?/m1/s1. The highest BCUT2D eigenvalue weighted by Crippen LogP contribution is 2.29. The van der Waals surface area contributed by atoms with Gasteiger partial charge in [0, 0.05) is 50.7 Å². The molecule has 4 amide bonds. The Kier molecular flexibility index (Phi) is 8.46. The highest BCUT2D eigenvalue weighted by atomic mass is 19.1. The fourth-order valence-corrected chi connectivity index (χ4v) is 5.80. The minimum absolute atomic E-state index is 0.0272. The Bertz CT molecular complexity index is 1260. The number of halogens is 1. The molecule has 1 aliphatic heterocycles. The van der Waals surface area contributed by atoms with Crippen LogP contribution in [0.15, 0.2) is 24.3 Å². The van der Waals surface area contributed by atoms with Crippen LogP contribution in [0.1, 0.15) is 56.4 Å². The Morgan fingerprint density at radius 2 is 1.79 bits per heavy atom. The number of amides is 4. The van der Waals surface area contributed by atoms with Gasteiger partial charge in [-0.1, -0.05) is 19.3 Å². The number of carboxylic acid groups (broad SMARTS) is 1. The lowest BCUT2D eigenvalue weighted by Crippen LogP contribution is -2.62. The van der Waals surface area contributed by atoms with Gasteiger partial charge in [-0.15, -0.1) is 0 Å². The fraction of sp³-hybridized carbons (Fsp3) is 0.571. The Hall–Kier alpha value is -3.63. The molecule has 10 nitrogen and oxygen atoms in total. The molecule has 1 aromatic heterocycles. The van der Waals surface area contributed by atoms with Crippen LogP contribution in [0.2, 0.25) is 0 Å². The number of hydrogen-bond acceptors (Lipinski definition) is 4. The van der Waals surface area contributed by atoms with Crippen LogP contribution in [0, 0.1) is 11.7 Å². The Morgan fingerprint density at radius 3 is 2.44 bits per heavy atom. The van der Waals surface area contributed by atoms with Gasteiger partial charge in [0.05, 0.1) is 0 Å². The number of hydrogen-bond donors (Lipinski definition) is 2. The quantitative estimate of drug-likeness (QED) is 0.581. The van der Waals surface area contributed by atoms with Gasteiger partial charge in [-0.25, -0.2) is 9.18 Å². The van der Waals surface area contributed by atoms with E-state index < -0.39 is 24.1 Å². The zero-order valence-corrected chi connectivity index (χ0v) is 23.0. The van der Waals surface area contributed by atoms with Crippen molar-refractivity contribution in [3.63, 3.8) is 0 Å². The van der Waals surface area contributed by atoms with E-state index in [-0.39, 0.29) is 29.6 Å². The van der Waals surface area contributed by atoms with Crippen LogP contribution in [0.4, 0.5) is 9.18 Å². The maximum Gasteiger partial charge on any atom is 0.407 e. The van der Waals surface area contributed by atoms with Crippen LogP contribution in [0.5, 0.6) is 0 Å². The second-order valence-electron chi connectivity index (χ2n) is 10.9. The van der Waals surface area contributed by atoms with Crippen molar-refractivity contribution in [1.29, 1.82) is 0 Å². The van der Waals surface area contributed by atoms with Gasteiger partial charge < -0.3 is 24.8 Å². The largest absolute Gasteiger partial charge is 0.465 e. The minimum atomic E-state index is -1.22. The molecule has 2 heterocycles. The number of rotatable bonds is 6. The molecule has 212 valence electrons. The van der Waals surface area contributed by atoms with Crippen molar-refractivity contribution >= 4 is 34.7 Å². The number of benzene rings is 1. The molecule has 3 atom stereocenters. The Morgan fingerprint density at radius 1 is 1.10 bits per heavy atom. The predicted octanol–water partition coefficient (Wildman–Crippen LogP) is 3.05. The van der Waals surface area contributed by atoms with E-state index in [2.05, 4.69) is 5.32 Å². The average Bonchev–Trinajstić information content (AvgIpc) is 3.25. The third kappa shape index (κ3) is 5.86. The first-order valence-corrected chi connectivity index (χ1v) is 13.6. The number of likely N-dealkylation sites (N-methyl/N-ethyl adjacent to an activating group) is 1. The van der Waals surface area contributed by atoms with Crippen molar-refractivity contribution < 1.29 is 28.7 Å². The molecule has 2 aromatic rings. The monoisotopic (exact) mass is 543 g/mol. The summed E-state index contributed by atoms with van der Waals surface area (Å²) in [5.74, 6) is -1.27. The molecule has 0 radical (unpaired) electrons. The van der Waals surface area contributed by atoms with E-state index in [1.54, 1.807) is 33.5 Å². The van der Waals surface area contributed by atoms with Crippen LogP contribution >= 0.6 is 0 Å². The lowest BCUT2D eigenvalue weighted by molar-refractivity contribution is -0.142. The number of fused-ring (bicyclic) bond motifs is 1. The molecular formula is C28H38FN5O5. The number of carbonyl (C=O) groups excluding carboxylic acids is 3. The number of nitrogens with zero attached hydrogens (tertiary/aromatic N) is 4. The maximum absolute atomic E-state index is 13.9. The summed E-state index contributed by atoms with van der Waals surface area (Å²) in [5, 5.41) is 12.8. The summed E-state index contributed by atoms with van der Waals surface area (Å²) in [5.41, 5.74) is 1.21. The van der Waals surface area contributed by atoms with Crippen LogP contribution in [-0.2, 0) is 16.6 Å². The first-order chi connectivity index (χ1) is 18.5. The van der Waals surface area contributed by atoms with E-state index in [1.165, 1.54) is 26.1 Å². The van der Waals surface area contributed by atoms with E-state index >= 15 is 0 Å². The van der Waals surface area contributed by atoms with Gasteiger partial charge in [-0.3, -0.25) is 19.3 Å². The summed E-state index contributed by atoms with van der Waals surface area (Å²) in [7, 11) is 3.10. The van der Waals surface area contributed by atoms with Crippen LogP contribution in [0.3, 0.4) is 0 Å². The van der Waals surface area contributed by atoms with Gasteiger partial charge >= 0.3 is 6.09 Å². The average molecular weight is 544 g/mol. The molecule has 4 rings (SSSR count). The van der Waals surface area contributed by atoms with Crippen LogP contribution in [0.25, 0.3) is 10.9 Å². The van der Waals surface area contributed by atoms with E-state index in [1.807, 2.05) is 6.92 Å². The second-order valence-corrected chi connectivity index (χ2v) is 10.9. The number of nitrogens with one attached hydrogen (secondary N) is 1. The molecule has 0 bridgehead atoms. The molecule has 0 spiro atoms. The highest BCUT2D eigenvalue weighted by molar-refractivity contribution is 5.99. The lowest BCUT2D eigenvalue weighted by Gasteiger charge is -2.43. The highest BCUT2D eigenvalue weighted by Gasteiger charge is 2.39. The van der Waals surface area contributed by atoms with Crippen molar-refractivity contribution in [2.45, 2.75) is 64.1 Å². The third-order valence-electron chi connectivity index (χ3n) is 8.37. The molecule has 2 N–H and O–H groups in total. The summed E-state index contributed by atoms with van der Waals surface area (Å²) in [4.78, 5) is 56.0. The van der Waals surface area contributed by atoms with Crippen LogP contribution in [-0.4, -0.2) is 93.0 Å². The molecule has 2 unspecified atom stereocenters. The van der Waals surface area contributed by atoms with Gasteiger partial charge in [0.2, 0.25) is 11.8 Å². The molecular weight excluding hydrogens is 505 g/mol. The van der Waals surface area contributed by atoms with Gasteiger partial charge in [0.1, 0.15) is 23.6 Å². The topological polar surface area (TPSA) is 115 Å². The van der Waals surface area contributed by atoms with Gasteiger partial charge in [0.15, 0.2) is 0 Å². The lowest BCUT2D eigenvalue weighted by atomic mass is 9.83. The van der Waals surface area contributed by atoms with Crippen molar-refractivity contribution in [2.24, 2.45) is 13.0 Å². The van der Waals surface area contributed by atoms with Crippen molar-refractivity contribution in [2.75, 3.05) is 26.7 Å². The summed E-state index contributed by atoms with van der Waals surface area (Å²) in [6, 6.07) is 4.13. The normalized spacial score (nSPS) is 20.0.